The van der Waals surface area contributed by atoms with E-state index in [0.29, 0.717) is 31.1 Å². The molecule has 0 bridgehead atoms. The molecule has 84 valence electrons. The number of ether oxygens (including phenoxy) is 1. The highest BCUT2D eigenvalue weighted by Crippen LogP contribution is 2.15. The van der Waals surface area contributed by atoms with Crippen molar-refractivity contribution in [1.82, 2.24) is 0 Å². The van der Waals surface area contributed by atoms with Gasteiger partial charge < -0.3 is 14.9 Å². The van der Waals surface area contributed by atoms with Crippen molar-refractivity contribution in [3.8, 4) is 0 Å². The number of rotatable bonds is 6. The van der Waals surface area contributed by atoms with Gasteiger partial charge in [-0.15, -0.1) is 0 Å². The maximum atomic E-state index is 11.8. The van der Waals surface area contributed by atoms with E-state index in [1.165, 1.54) is 0 Å². The molecule has 0 amide bonds. The molecule has 0 saturated carbocycles. The van der Waals surface area contributed by atoms with Crippen LogP contribution < -0.4 is 5.73 Å². The lowest BCUT2D eigenvalue weighted by Gasteiger charge is -2.07. The molecule has 0 aliphatic carbocycles. The molecule has 1 aromatic heterocycles. The molecular weight excluding hydrogens is 194 g/mol. The Morgan fingerprint density at radius 1 is 1.60 bits per heavy atom. The molecule has 1 rings (SSSR count). The van der Waals surface area contributed by atoms with E-state index in [1.807, 2.05) is 6.92 Å². The molecule has 4 nitrogen and oxygen atoms in total. The first kappa shape index (κ1) is 11.9. The van der Waals surface area contributed by atoms with Crippen LogP contribution in [0, 0.1) is 5.92 Å². The molecule has 0 aliphatic rings. The summed E-state index contributed by atoms with van der Waals surface area (Å²) in [5, 5.41) is 0. The van der Waals surface area contributed by atoms with Gasteiger partial charge in [-0.2, -0.15) is 0 Å². The summed E-state index contributed by atoms with van der Waals surface area (Å²) in [6.07, 6.45) is 0.702. The van der Waals surface area contributed by atoms with Crippen molar-refractivity contribution < 1.29 is 13.9 Å². The highest BCUT2D eigenvalue weighted by Gasteiger charge is 2.18. The molecule has 1 aromatic rings. The van der Waals surface area contributed by atoms with E-state index < -0.39 is 0 Å². The number of ketones is 1. The number of carbonyl (C=O) groups excluding carboxylic acids is 1. The van der Waals surface area contributed by atoms with Gasteiger partial charge in [-0.3, -0.25) is 4.79 Å². The lowest BCUT2D eigenvalue weighted by Crippen LogP contribution is -2.12. The predicted octanol–water partition coefficient (Wildman–Crippen LogP) is 1.59. The summed E-state index contributed by atoms with van der Waals surface area (Å²) in [6.45, 7) is 2.77. The van der Waals surface area contributed by atoms with Crippen molar-refractivity contribution in [2.75, 3.05) is 13.7 Å². The highest BCUT2D eigenvalue weighted by molar-refractivity contribution is 5.95. The fraction of sp³-hybridized carbons (Fsp3) is 0.545. The number of methoxy groups -OCH3 is 1. The van der Waals surface area contributed by atoms with Gasteiger partial charge in [0.1, 0.15) is 5.76 Å². The lowest BCUT2D eigenvalue weighted by molar-refractivity contribution is 0.0864. The molecule has 15 heavy (non-hydrogen) atoms. The second kappa shape index (κ2) is 5.68. The van der Waals surface area contributed by atoms with Gasteiger partial charge in [0.15, 0.2) is 5.76 Å². The van der Waals surface area contributed by atoms with Gasteiger partial charge in [-0.1, -0.05) is 6.92 Å². The topological polar surface area (TPSA) is 65.5 Å². The summed E-state index contributed by atoms with van der Waals surface area (Å²) in [7, 11) is 1.62. The number of hydrogen-bond donors (Lipinski definition) is 1. The van der Waals surface area contributed by atoms with Crippen LogP contribution in [-0.2, 0) is 11.3 Å². The average Bonchev–Trinajstić information content (AvgIpc) is 2.73. The molecule has 2 N–H and O–H groups in total. The standard InChI is InChI=1S/C11H17NO3/c1-8(5-6-14-2)11(13)10-4-3-9(7-12)15-10/h3-4,8H,5-7,12H2,1-2H3. The number of Topliss-reactive ketones (excluding diaryl/α,β-unsaturated/α-hetero) is 1. The molecule has 0 radical (unpaired) electrons. The summed E-state index contributed by atoms with van der Waals surface area (Å²) < 4.78 is 10.2. The number of carbonyl (C=O) groups is 1. The van der Waals surface area contributed by atoms with Crippen molar-refractivity contribution in [2.45, 2.75) is 19.9 Å². The molecule has 0 aliphatic heterocycles. The van der Waals surface area contributed by atoms with Gasteiger partial charge in [-0.25, -0.2) is 0 Å². The Morgan fingerprint density at radius 3 is 2.87 bits per heavy atom. The third-order valence-electron chi connectivity index (χ3n) is 2.31. The summed E-state index contributed by atoms with van der Waals surface area (Å²) in [5.41, 5.74) is 5.39. The minimum atomic E-state index is -0.0817. The van der Waals surface area contributed by atoms with Gasteiger partial charge in [-0.05, 0) is 18.6 Å². The molecule has 1 heterocycles. The molecule has 1 atom stereocenters. The Bertz CT molecular complexity index is 319. The van der Waals surface area contributed by atoms with Crippen molar-refractivity contribution in [3.05, 3.63) is 23.7 Å². The molecule has 1 unspecified atom stereocenters. The van der Waals surface area contributed by atoms with Gasteiger partial charge in [0.25, 0.3) is 0 Å². The van der Waals surface area contributed by atoms with Crippen molar-refractivity contribution >= 4 is 5.78 Å². The van der Waals surface area contributed by atoms with E-state index in [4.69, 9.17) is 14.9 Å². The Morgan fingerprint density at radius 2 is 2.33 bits per heavy atom. The van der Waals surface area contributed by atoms with Crippen LogP contribution in [0.4, 0.5) is 0 Å². The normalized spacial score (nSPS) is 12.7. The highest BCUT2D eigenvalue weighted by atomic mass is 16.5. The zero-order valence-corrected chi connectivity index (χ0v) is 9.16. The lowest BCUT2D eigenvalue weighted by atomic mass is 10.0. The number of furan rings is 1. The summed E-state index contributed by atoms with van der Waals surface area (Å²) in [4.78, 5) is 11.8. The maximum absolute atomic E-state index is 11.8. The first-order valence-corrected chi connectivity index (χ1v) is 5.01. The summed E-state index contributed by atoms with van der Waals surface area (Å²) in [5.74, 6) is 0.949. The summed E-state index contributed by atoms with van der Waals surface area (Å²) in [6, 6.07) is 3.41. The monoisotopic (exact) mass is 211 g/mol. The molecular formula is C11H17NO3. The third kappa shape index (κ3) is 3.18. The zero-order valence-electron chi connectivity index (χ0n) is 9.16. The Balaban J connectivity index is 2.59. The van der Waals surface area contributed by atoms with Gasteiger partial charge in [0.2, 0.25) is 5.78 Å². The van der Waals surface area contributed by atoms with E-state index in [0.717, 1.165) is 0 Å². The minimum absolute atomic E-state index is 0.00625. The van der Waals surface area contributed by atoms with E-state index in [9.17, 15) is 4.79 Å². The Hall–Kier alpha value is -1.13. The van der Waals surface area contributed by atoms with Crippen molar-refractivity contribution in [3.63, 3.8) is 0 Å². The largest absolute Gasteiger partial charge is 0.457 e. The van der Waals surface area contributed by atoms with Crippen LogP contribution in [0.1, 0.15) is 29.7 Å². The smallest absolute Gasteiger partial charge is 0.200 e. The van der Waals surface area contributed by atoms with Crippen LogP contribution in [0.5, 0.6) is 0 Å². The van der Waals surface area contributed by atoms with Crippen LogP contribution in [-0.4, -0.2) is 19.5 Å². The molecule has 0 saturated heterocycles. The SMILES string of the molecule is COCCC(C)C(=O)c1ccc(CN)o1. The van der Waals surface area contributed by atoms with Crippen LogP contribution in [0.15, 0.2) is 16.5 Å². The fourth-order valence-corrected chi connectivity index (χ4v) is 1.29. The van der Waals surface area contributed by atoms with Crippen LogP contribution >= 0.6 is 0 Å². The first-order valence-electron chi connectivity index (χ1n) is 5.01. The van der Waals surface area contributed by atoms with Crippen molar-refractivity contribution in [2.24, 2.45) is 11.7 Å². The Kier molecular flexibility index (Phi) is 4.52. The van der Waals surface area contributed by atoms with Crippen LogP contribution in [0.2, 0.25) is 0 Å². The van der Waals surface area contributed by atoms with Crippen molar-refractivity contribution in [1.29, 1.82) is 0 Å². The maximum Gasteiger partial charge on any atom is 0.200 e. The van der Waals surface area contributed by atoms with E-state index >= 15 is 0 Å². The molecule has 0 aromatic carbocycles. The van der Waals surface area contributed by atoms with Crippen LogP contribution in [0.25, 0.3) is 0 Å². The summed E-state index contributed by atoms with van der Waals surface area (Å²) >= 11 is 0. The Labute approximate surface area is 89.4 Å². The van der Waals surface area contributed by atoms with Gasteiger partial charge in [0, 0.05) is 19.6 Å². The van der Waals surface area contributed by atoms with E-state index in [2.05, 4.69) is 0 Å². The molecule has 0 spiro atoms. The predicted molar refractivity (Wildman–Crippen MR) is 56.6 cm³/mol. The third-order valence-corrected chi connectivity index (χ3v) is 2.31. The molecule has 0 fully saturated rings. The second-order valence-electron chi connectivity index (χ2n) is 3.52. The number of hydrogen-bond acceptors (Lipinski definition) is 4. The minimum Gasteiger partial charge on any atom is -0.457 e. The van der Waals surface area contributed by atoms with Crippen LogP contribution in [0.3, 0.4) is 0 Å². The number of nitrogens with two attached hydrogens (primary N) is 1. The zero-order chi connectivity index (χ0) is 11.3. The van der Waals surface area contributed by atoms with E-state index in [-0.39, 0.29) is 11.7 Å². The van der Waals surface area contributed by atoms with Gasteiger partial charge >= 0.3 is 0 Å². The fourth-order valence-electron chi connectivity index (χ4n) is 1.29. The average molecular weight is 211 g/mol. The first-order chi connectivity index (χ1) is 7.19. The molecule has 4 heteroatoms. The van der Waals surface area contributed by atoms with Gasteiger partial charge in [0.05, 0.1) is 6.54 Å². The quantitative estimate of drug-likeness (QED) is 0.726. The second-order valence-corrected chi connectivity index (χ2v) is 3.52. The van der Waals surface area contributed by atoms with E-state index in [1.54, 1.807) is 19.2 Å².